The number of hydrogen-bond donors (Lipinski definition) is 2. The quantitative estimate of drug-likeness (QED) is 0.376. The van der Waals surface area contributed by atoms with Crippen molar-refractivity contribution in [3.05, 3.63) is 117 Å². The molecule has 5 aromatic rings. The van der Waals surface area contributed by atoms with Crippen LogP contribution in [0.1, 0.15) is 34.0 Å². The number of hydrogen-bond acceptors (Lipinski definition) is 6. The molecule has 1 aliphatic rings. The minimum absolute atomic E-state index is 0.233. The first-order valence-electron chi connectivity index (χ1n) is 10.9. The van der Waals surface area contributed by atoms with Crippen molar-refractivity contribution in [2.24, 2.45) is 12.8 Å². The lowest BCUT2D eigenvalue weighted by Gasteiger charge is -2.34. The highest BCUT2D eigenvalue weighted by Crippen LogP contribution is 2.41. The molecule has 3 N–H and O–H groups in total. The summed E-state index contributed by atoms with van der Waals surface area (Å²) in [5, 5.41) is 16.9. The molecule has 174 valence electrons. The molecule has 0 bridgehead atoms. The van der Waals surface area contributed by atoms with Gasteiger partial charge in [-0.05, 0) is 63.5 Å². The highest BCUT2D eigenvalue weighted by Gasteiger charge is 2.37. The van der Waals surface area contributed by atoms with E-state index in [0.29, 0.717) is 16.0 Å². The Morgan fingerprint density at radius 1 is 0.971 bits per heavy atom. The average molecular weight is 503 g/mol. The van der Waals surface area contributed by atoms with Gasteiger partial charge in [-0.1, -0.05) is 58.6 Å². The van der Waals surface area contributed by atoms with Crippen molar-refractivity contribution in [2.75, 3.05) is 5.32 Å². The highest BCUT2D eigenvalue weighted by atomic mass is 35.5. The van der Waals surface area contributed by atoms with Crippen molar-refractivity contribution >= 4 is 29.2 Å². The second-order valence-corrected chi connectivity index (χ2v) is 9.40. The lowest BCUT2D eigenvalue weighted by molar-refractivity contribution is 0.594. The summed E-state index contributed by atoms with van der Waals surface area (Å²) >= 11 is 12.5. The van der Waals surface area contributed by atoms with Gasteiger partial charge >= 0.3 is 0 Å². The zero-order valence-electron chi connectivity index (χ0n) is 18.6. The van der Waals surface area contributed by atoms with Crippen LogP contribution in [0.2, 0.25) is 10.0 Å². The van der Waals surface area contributed by atoms with E-state index >= 15 is 0 Å². The van der Waals surface area contributed by atoms with Gasteiger partial charge in [0, 0.05) is 22.7 Å². The summed E-state index contributed by atoms with van der Waals surface area (Å²) in [5.74, 6) is 0.554. The van der Waals surface area contributed by atoms with Crippen LogP contribution in [0.25, 0.3) is 5.69 Å². The largest absolute Gasteiger partial charge is 0.342 e. The van der Waals surface area contributed by atoms with Crippen molar-refractivity contribution < 1.29 is 0 Å². The monoisotopic (exact) mass is 502 g/mol. The summed E-state index contributed by atoms with van der Waals surface area (Å²) in [6.45, 7) is 0. The first kappa shape index (κ1) is 21.8. The number of rotatable bonds is 4. The van der Waals surface area contributed by atoms with Crippen LogP contribution in [0.4, 0.5) is 5.95 Å². The predicted octanol–water partition coefficient (Wildman–Crippen LogP) is 4.47. The Morgan fingerprint density at radius 3 is 2.51 bits per heavy atom. The standard InChI is InChI=1S/C25H20Cl2N8/c1-34-14-29-13-22(34)25(28,16-5-8-18(26)9-6-16)17-7-10-21-20(12-17)23(15-3-2-4-19(27)11-15)30-24-31-32-33-35(21)24/h2-14,23H,28H2,1H3,(H,30,31,33)/t23?,25-/m1/s1. The highest BCUT2D eigenvalue weighted by molar-refractivity contribution is 6.30. The number of halogens is 2. The summed E-state index contributed by atoms with van der Waals surface area (Å²) in [6.07, 6.45) is 3.54. The number of anilines is 1. The number of nitrogens with zero attached hydrogens (tertiary/aromatic N) is 6. The van der Waals surface area contributed by atoms with Crippen LogP contribution in [0.3, 0.4) is 0 Å². The molecule has 1 unspecified atom stereocenters. The molecule has 2 atom stereocenters. The van der Waals surface area contributed by atoms with E-state index in [1.54, 1.807) is 17.2 Å². The fourth-order valence-corrected chi connectivity index (χ4v) is 5.06. The number of tetrazole rings is 1. The van der Waals surface area contributed by atoms with Gasteiger partial charge in [0.25, 0.3) is 0 Å². The number of aryl methyl sites for hydroxylation is 1. The molecule has 35 heavy (non-hydrogen) atoms. The second-order valence-electron chi connectivity index (χ2n) is 8.52. The Balaban J connectivity index is 1.59. The first-order valence-corrected chi connectivity index (χ1v) is 11.7. The minimum Gasteiger partial charge on any atom is -0.342 e. The molecule has 0 amide bonds. The van der Waals surface area contributed by atoms with E-state index in [1.807, 2.05) is 72.3 Å². The number of nitrogens with two attached hydrogens (primary N) is 1. The van der Waals surface area contributed by atoms with Crippen LogP contribution in [0.5, 0.6) is 0 Å². The maximum Gasteiger partial charge on any atom is 0.248 e. The first-order chi connectivity index (χ1) is 16.9. The normalized spacial score (nSPS) is 16.2. The van der Waals surface area contributed by atoms with Crippen LogP contribution in [0, 0.1) is 0 Å². The number of imidazole rings is 1. The molecule has 6 rings (SSSR count). The zero-order chi connectivity index (χ0) is 24.2. The van der Waals surface area contributed by atoms with Gasteiger partial charge in [-0.2, -0.15) is 4.68 Å². The second kappa shape index (κ2) is 8.20. The molecule has 10 heteroatoms. The van der Waals surface area contributed by atoms with Crippen molar-refractivity contribution in [1.82, 2.24) is 29.8 Å². The Bertz CT molecular complexity index is 1540. The molecule has 0 fully saturated rings. The maximum atomic E-state index is 7.28. The van der Waals surface area contributed by atoms with Gasteiger partial charge in [0.05, 0.1) is 29.9 Å². The third-order valence-corrected chi connectivity index (χ3v) is 6.95. The van der Waals surface area contributed by atoms with E-state index in [0.717, 1.165) is 33.6 Å². The molecule has 0 aliphatic carbocycles. The molecule has 8 nitrogen and oxygen atoms in total. The van der Waals surface area contributed by atoms with Crippen LogP contribution in [0.15, 0.2) is 79.3 Å². The van der Waals surface area contributed by atoms with E-state index in [1.165, 1.54) is 0 Å². The Hall–Kier alpha value is -3.72. The Kier molecular flexibility index (Phi) is 5.10. The third kappa shape index (κ3) is 3.49. The van der Waals surface area contributed by atoms with E-state index < -0.39 is 5.54 Å². The molecule has 0 saturated heterocycles. The summed E-state index contributed by atoms with van der Waals surface area (Å²) in [5.41, 5.74) is 11.7. The lowest BCUT2D eigenvalue weighted by atomic mass is 9.79. The Morgan fingerprint density at radius 2 is 1.77 bits per heavy atom. The number of fused-ring (bicyclic) bond motifs is 3. The zero-order valence-corrected chi connectivity index (χ0v) is 20.1. The summed E-state index contributed by atoms with van der Waals surface area (Å²) < 4.78 is 3.62. The van der Waals surface area contributed by atoms with E-state index in [4.69, 9.17) is 28.9 Å². The van der Waals surface area contributed by atoms with E-state index in [9.17, 15) is 0 Å². The number of benzene rings is 3. The van der Waals surface area contributed by atoms with Crippen molar-refractivity contribution in [2.45, 2.75) is 11.6 Å². The van der Waals surface area contributed by atoms with Crippen LogP contribution in [-0.2, 0) is 12.6 Å². The maximum absolute atomic E-state index is 7.28. The number of aromatic nitrogens is 6. The summed E-state index contributed by atoms with van der Waals surface area (Å²) in [6, 6.07) is 21.2. The summed E-state index contributed by atoms with van der Waals surface area (Å²) in [7, 11) is 1.93. The minimum atomic E-state index is -0.995. The van der Waals surface area contributed by atoms with Crippen molar-refractivity contribution in [3.8, 4) is 5.69 Å². The van der Waals surface area contributed by atoms with Crippen LogP contribution >= 0.6 is 23.2 Å². The topological polar surface area (TPSA) is 99.5 Å². The smallest absolute Gasteiger partial charge is 0.248 e. The fourth-order valence-electron chi connectivity index (χ4n) is 4.73. The number of nitrogens with one attached hydrogen (secondary N) is 1. The van der Waals surface area contributed by atoms with Gasteiger partial charge < -0.3 is 15.6 Å². The van der Waals surface area contributed by atoms with Gasteiger partial charge in [-0.15, -0.1) is 0 Å². The van der Waals surface area contributed by atoms with Crippen LogP contribution < -0.4 is 11.1 Å². The summed E-state index contributed by atoms with van der Waals surface area (Å²) in [4.78, 5) is 4.34. The van der Waals surface area contributed by atoms with Gasteiger partial charge in [0.1, 0.15) is 5.54 Å². The van der Waals surface area contributed by atoms with Gasteiger partial charge in [0.2, 0.25) is 5.95 Å². The molecule has 3 heterocycles. The molecule has 0 radical (unpaired) electrons. The molecular weight excluding hydrogens is 483 g/mol. The lowest BCUT2D eigenvalue weighted by Crippen LogP contribution is -2.41. The molecular formula is C25H20Cl2N8. The molecule has 2 aromatic heterocycles. The van der Waals surface area contributed by atoms with Crippen molar-refractivity contribution in [3.63, 3.8) is 0 Å². The van der Waals surface area contributed by atoms with Gasteiger partial charge in [-0.3, -0.25) is 0 Å². The van der Waals surface area contributed by atoms with Crippen molar-refractivity contribution in [1.29, 1.82) is 0 Å². The molecule has 0 spiro atoms. The predicted molar refractivity (Wildman–Crippen MR) is 135 cm³/mol. The average Bonchev–Trinajstić information content (AvgIpc) is 3.52. The molecule has 0 saturated carbocycles. The van der Waals surface area contributed by atoms with Gasteiger partial charge in [-0.25, -0.2) is 4.98 Å². The van der Waals surface area contributed by atoms with E-state index in [2.05, 4.69) is 31.9 Å². The van der Waals surface area contributed by atoms with Crippen LogP contribution in [-0.4, -0.2) is 29.8 Å². The Labute approximate surface area is 211 Å². The molecule has 3 aromatic carbocycles. The SMILES string of the molecule is Cn1cncc1[C@@](N)(c1ccc(Cl)cc1)c1ccc2c(c1)C(c1cccc(Cl)c1)Nc1nnnn1-2. The fraction of sp³-hybridized carbons (Fsp3) is 0.120. The van der Waals surface area contributed by atoms with Gasteiger partial charge in [0.15, 0.2) is 0 Å². The van der Waals surface area contributed by atoms with E-state index in [-0.39, 0.29) is 6.04 Å². The third-order valence-electron chi connectivity index (χ3n) is 6.47. The molecule has 1 aliphatic heterocycles.